The third-order valence-electron chi connectivity index (χ3n) is 3.11. The first-order chi connectivity index (χ1) is 10.1. The van der Waals surface area contributed by atoms with Crippen molar-refractivity contribution >= 4 is 17.3 Å². The number of nitrogens with zero attached hydrogens (tertiary/aromatic N) is 2. The Hall–Kier alpha value is -2.40. The van der Waals surface area contributed by atoms with Gasteiger partial charge < -0.3 is 16.0 Å². The van der Waals surface area contributed by atoms with Gasteiger partial charge >= 0.3 is 0 Å². The predicted molar refractivity (Wildman–Crippen MR) is 84.7 cm³/mol. The fourth-order valence-electron chi connectivity index (χ4n) is 1.96. The highest BCUT2D eigenvalue weighted by Crippen LogP contribution is 2.16. The zero-order chi connectivity index (χ0) is 15.1. The van der Waals surface area contributed by atoms with E-state index in [-0.39, 0.29) is 5.91 Å². The molecule has 0 atom stereocenters. The summed E-state index contributed by atoms with van der Waals surface area (Å²) in [5.74, 6) is -0.0410. The standard InChI is InChI=1S/C16H20N4O/c1-20(12-13-6-4-5-10-18-13)11-9-16(21)19-15-8-3-2-7-14(15)17/h2-8,10H,9,11-12,17H2,1H3,(H,19,21). The summed E-state index contributed by atoms with van der Waals surface area (Å²) in [4.78, 5) is 18.2. The summed E-state index contributed by atoms with van der Waals surface area (Å²) in [5.41, 5.74) is 8.03. The van der Waals surface area contributed by atoms with Crippen molar-refractivity contribution in [3.8, 4) is 0 Å². The molecule has 0 saturated heterocycles. The van der Waals surface area contributed by atoms with Crippen LogP contribution in [0.4, 0.5) is 11.4 Å². The molecule has 0 fully saturated rings. The van der Waals surface area contributed by atoms with Crippen LogP contribution in [0.1, 0.15) is 12.1 Å². The summed E-state index contributed by atoms with van der Waals surface area (Å²) in [6, 6.07) is 13.1. The van der Waals surface area contributed by atoms with Gasteiger partial charge in [0.1, 0.15) is 0 Å². The summed E-state index contributed by atoms with van der Waals surface area (Å²) in [6.45, 7) is 1.39. The SMILES string of the molecule is CN(CCC(=O)Nc1ccccc1N)Cc1ccccn1. The van der Waals surface area contributed by atoms with Crippen LogP contribution in [0.3, 0.4) is 0 Å². The lowest BCUT2D eigenvalue weighted by atomic mass is 10.2. The number of pyridine rings is 1. The molecule has 0 saturated carbocycles. The first-order valence-corrected chi connectivity index (χ1v) is 6.88. The van der Waals surface area contributed by atoms with Gasteiger partial charge in [0.05, 0.1) is 17.1 Å². The summed E-state index contributed by atoms with van der Waals surface area (Å²) < 4.78 is 0. The average Bonchev–Trinajstić information content (AvgIpc) is 2.49. The van der Waals surface area contributed by atoms with E-state index in [1.165, 1.54) is 0 Å². The highest BCUT2D eigenvalue weighted by Gasteiger charge is 2.07. The topological polar surface area (TPSA) is 71.2 Å². The van der Waals surface area contributed by atoms with Crippen LogP contribution in [0.2, 0.25) is 0 Å². The van der Waals surface area contributed by atoms with Crippen molar-refractivity contribution in [3.05, 3.63) is 54.4 Å². The minimum absolute atomic E-state index is 0.0410. The molecular weight excluding hydrogens is 264 g/mol. The zero-order valence-electron chi connectivity index (χ0n) is 12.1. The van der Waals surface area contributed by atoms with E-state index in [1.807, 2.05) is 37.4 Å². The zero-order valence-corrected chi connectivity index (χ0v) is 12.1. The fraction of sp³-hybridized carbons (Fsp3) is 0.250. The first-order valence-electron chi connectivity index (χ1n) is 6.88. The second kappa shape index (κ2) is 7.40. The number of carbonyl (C=O) groups is 1. The number of carbonyl (C=O) groups excluding carboxylic acids is 1. The number of benzene rings is 1. The molecule has 0 aliphatic heterocycles. The van der Waals surface area contributed by atoms with Crippen molar-refractivity contribution < 1.29 is 4.79 Å². The smallest absolute Gasteiger partial charge is 0.225 e. The summed E-state index contributed by atoms with van der Waals surface area (Å²) in [5, 5.41) is 2.82. The van der Waals surface area contributed by atoms with Gasteiger partial charge in [-0.3, -0.25) is 9.78 Å². The molecule has 0 aliphatic carbocycles. The van der Waals surface area contributed by atoms with Crippen molar-refractivity contribution in [1.82, 2.24) is 9.88 Å². The van der Waals surface area contributed by atoms with E-state index >= 15 is 0 Å². The molecule has 3 N–H and O–H groups in total. The quantitative estimate of drug-likeness (QED) is 0.797. The molecule has 0 unspecified atom stereocenters. The van der Waals surface area contributed by atoms with Gasteiger partial charge in [0.2, 0.25) is 5.91 Å². The molecule has 2 rings (SSSR count). The van der Waals surface area contributed by atoms with Crippen LogP contribution in [0.5, 0.6) is 0 Å². The molecule has 1 amide bonds. The third-order valence-corrected chi connectivity index (χ3v) is 3.11. The predicted octanol–water partition coefficient (Wildman–Crippen LogP) is 2.12. The molecule has 5 nitrogen and oxygen atoms in total. The van der Waals surface area contributed by atoms with Crippen LogP contribution in [-0.4, -0.2) is 29.4 Å². The van der Waals surface area contributed by atoms with Gasteiger partial charge in [-0.05, 0) is 31.3 Å². The van der Waals surface area contributed by atoms with Gasteiger partial charge in [-0.25, -0.2) is 0 Å². The van der Waals surface area contributed by atoms with Gasteiger partial charge in [0.25, 0.3) is 0 Å². The van der Waals surface area contributed by atoms with Crippen LogP contribution in [0.25, 0.3) is 0 Å². The number of hydrogen-bond acceptors (Lipinski definition) is 4. The highest BCUT2D eigenvalue weighted by atomic mass is 16.1. The molecule has 0 aliphatic rings. The summed E-state index contributed by atoms with van der Waals surface area (Å²) in [6.07, 6.45) is 2.19. The Labute approximate surface area is 124 Å². The number of nitrogen functional groups attached to an aromatic ring is 1. The number of amides is 1. The maximum atomic E-state index is 11.9. The monoisotopic (exact) mass is 284 g/mol. The maximum absolute atomic E-state index is 11.9. The van der Waals surface area contributed by atoms with Crippen LogP contribution >= 0.6 is 0 Å². The van der Waals surface area contributed by atoms with E-state index in [1.54, 1.807) is 18.3 Å². The molecule has 110 valence electrons. The number of rotatable bonds is 6. The molecule has 21 heavy (non-hydrogen) atoms. The number of nitrogens with one attached hydrogen (secondary N) is 1. The van der Waals surface area contributed by atoms with Crippen molar-refractivity contribution in [2.24, 2.45) is 0 Å². The minimum atomic E-state index is -0.0410. The molecule has 1 aromatic heterocycles. The van der Waals surface area contributed by atoms with Gasteiger partial charge in [0, 0.05) is 25.7 Å². The van der Waals surface area contributed by atoms with Crippen LogP contribution in [0.15, 0.2) is 48.7 Å². The first kappa shape index (κ1) is 15.0. The largest absolute Gasteiger partial charge is 0.397 e. The number of anilines is 2. The van der Waals surface area contributed by atoms with Crippen LogP contribution in [-0.2, 0) is 11.3 Å². The summed E-state index contributed by atoms with van der Waals surface area (Å²) >= 11 is 0. The van der Waals surface area contributed by atoms with Gasteiger partial charge in [-0.2, -0.15) is 0 Å². The second-order valence-corrected chi connectivity index (χ2v) is 4.94. The highest BCUT2D eigenvalue weighted by molar-refractivity contribution is 5.93. The molecule has 1 aromatic carbocycles. The van der Waals surface area contributed by atoms with Gasteiger partial charge in [-0.15, -0.1) is 0 Å². The van der Waals surface area contributed by atoms with E-state index in [2.05, 4.69) is 15.2 Å². The molecule has 0 radical (unpaired) electrons. The van der Waals surface area contributed by atoms with E-state index in [0.717, 1.165) is 12.2 Å². The number of para-hydroxylation sites is 2. The number of aromatic nitrogens is 1. The average molecular weight is 284 g/mol. The summed E-state index contributed by atoms with van der Waals surface area (Å²) in [7, 11) is 1.97. The fourth-order valence-corrected chi connectivity index (χ4v) is 1.96. The number of hydrogen-bond donors (Lipinski definition) is 2. The van der Waals surface area contributed by atoms with Gasteiger partial charge in [-0.1, -0.05) is 18.2 Å². The Bertz CT molecular complexity index is 586. The Morgan fingerprint density at radius 2 is 2.00 bits per heavy atom. The molecule has 2 aromatic rings. The van der Waals surface area contributed by atoms with Crippen molar-refractivity contribution in [2.75, 3.05) is 24.6 Å². The van der Waals surface area contributed by atoms with Gasteiger partial charge in [0.15, 0.2) is 0 Å². The second-order valence-electron chi connectivity index (χ2n) is 4.94. The normalized spacial score (nSPS) is 10.6. The van der Waals surface area contributed by atoms with Crippen molar-refractivity contribution in [3.63, 3.8) is 0 Å². The molecule has 0 spiro atoms. The Balaban J connectivity index is 1.77. The number of nitrogens with two attached hydrogens (primary N) is 1. The lowest BCUT2D eigenvalue weighted by Crippen LogP contribution is -2.24. The van der Waals surface area contributed by atoms with E-state index in [0.29, 0.717) is 24.3 Å². The molecule has 0 bridgehead atoms. The Morgan fingerprint density at radius 1 is 1.24 bits per heavy atom. The van der Waals surface area contributed by atoms with E-state index in [4.69, 9.17) is 5.73 Å². The van der Waals surface area contributed by atoms with Crippen molar-refractivity contribution in [2.45, 2.75) is 13.0 Å². The Kier molecular flexibility index (Phi) is 5.29. The van der Waals surface area contributed by atoms with Crippen molar-refractivity contribution in [1.29, 1.82) is 0 Å². The third kappa shape index (κ3) is 4.89. The Morgan fingerprint density at radius 3 is 2.71 bits per heavy atom. The lowest BCUT2D eigenvalue weighted by molar-refractivity contribution is -0.116. The molecule has 5 heteroatoms. The van der Waals surface area contributed by atoms with Crippen LogP contribution < -0.4 is 11.1 Å². The molecule has 1 heterocycles. The minimum Gasteiger partial charge on any atom is -0.397 e. The maximum Gasteiger partial charge on any atom is 0.225 e. The van der Waals surface area contributed by atoms with E-state index < -0.39 is 0 Å². The lowest BCUT2D eigenvalue weighted by Gasteiger charge is -2.16. The van der Waals surface area contributed by atoms with Crippen LogP contribution in [0, 0.1) is 0 Å². The van der Waals surface area contributed by atoms with E-state index in [9.17, 15) is 4.79 Å². The molecular formula is C16H20N4O.